The van der Waals surface area contributed by atoms with Gasteiger partial charge in [-0.05, 0) is 23.3 Å². The molecule has 2 aromatic rings. The minimum atomic E-state index is 0.0754. The van der Waals surface area contributed by atoms with Crippen molar-refractivity contribution in [1.82, 2.24) is 0 Å². The first-order valence-corrected chi connectivity index (χ1v) is 6.28. The van der Waals surface area contributed by atoms with Gasteiger partial charge in [0.25, 0.3) is 0 Å². The molecule has 3 N–H and O–H groups in total. The Morgan fingerprint density at radius 3 is 2.37 bits per heavy atom. The lowest BCUT2D eigenvalue weighted by molar-refractivity contribution is 0.107. The summed E-state index contributed by atoms with van der Waals surface area (Å²) in [5, 5.41) is 8.03. The smallest absolute Gasteiger partial charge is 0.122 e. The summed E-state index contributed by atoms with van der Waals surface area (Å²) in [6.07, 6.45) is 0. The van der Waals surface area contributed by atoms with Crippen molar-refractivity contribution in [1.29, 1.82) is 5.41 Å². The van der Waals surface area contributed by atoms with Crippen molar-refractivity contribution in [3.05, 3.63) is 70.2 Å². The third-order valence-corrected chi connectivity index (χ3v) is 2.93. The maximum atomic E-state index is 7.31. The van der Waals surface area contributed by atoms with E-state index in [1.165, 1.54) is 0 Å². The van der Waals surface area contributed by atoms with E-state index in [1.807, 2.05) is 48.5 Å². The Bertz CT molecular complexity index is 567. The number of amidine groups is 1. The van der Waals surface area contributed by atoms with Crippen molar-refractivity contribution in [3.8, 4) is 0 Å². The van der Waals surface area contributed by atoms with Crippen LogP contribution in [0.15, 0.2) is 48.5 Å². The van der Waals surface area contributed by atoms with Crippen LogP contribution in [0.2, 0.25) is 5.02 Å². The van der Waals surface area contributed by atoms with Gasteiger partial charge in [0.1, 0.15) is 5.84 Å². The molecule has 19 heavy (non-hydrogen) atoms. The summed E-state index contributed by atoms with van der Waals surface area (Å²) in [7, 11) is 0. The van der Waals surface area contributed by atoms with Crippen LogP contribution in [0.1, 0.15) is 16.7 Å². The number of rotatable bonds is 5. The van der Waals surface area contributed by atoms with E-state index in [4.69, 9.17) is 27.5 Å². The van der Waals surface area contributed by atoms with Crippen LogP contribution in [0.5, 0.6) is 0 Å². The van der Waals surface area contributed by atoms with Crippen molar-refractivity contribution in [3.63, 3.8) is 0 Å². The minimum Gasteiger partial charge on any atom is -0.384 e. The highest BCUT2D eigenvalue weighted by molar-refractivity contribution is 6.30. The molecule has 2 rings (SSSR count). The Labute approximate surface area is 117 Å². The zero-order valence-corrected chi connectivity index (χ0v) is 11.2. The lowest BCUT2D eigenvalue weighted by atomic mass is 10.1. The summed E-state index contributed by atoms with van der Waals surface area (Å²) in [5.41, 5.74) is 8.21. The van der Waals surface area contributed by atoms with E-state index in [-0.39, 0.29) is 5.84 Å². The number of hydrogen-bond donors (Lipinski definition) is 2. The molecule has 0 amide bonds. The van der Waals surface area contributed by atoms with Gasteiger partial charge in [0.2, 0.25) is 0 Å². The van der Waals surface area contributed by atoms with Gasteiger partial charge in [0.05, 0.1) is 13.2 Å². The summed E-state index contributed by atoms with van der Waals surface area (Å²) in [6.45, 7) is 1.04. The Hall–Kier alpha value is -1.84. The van der Waals surface area contributed by atoms with Crippen LogP contribution in [0.4, 0.5) is 0 Å². The topological polar surface area (TPSA) is 59.1 Å². The molecule has 2 aromatic carbocycles. The Kier molecular flexibility index (Phi) is 4.55. The fourth-order valence-corrected chi connectivity index (χ4v) is 1.91. The van der Waals surface area contributed by atoms with E-state index in [0.29, 0.717) is 18.2 Å². The SMILES string of the molecule is N=C(N)c1ccc(COCc2cccc(Cl)c2)cc1. The van der Waals surface area contributed by atoms with E-state index in [0.717, 1.165) is 16.7 Å². The molecule has 0 aliphatic rings. The maximum absolute atomic E-state index is 7.31. The zero-order chi connectivity index (χ0) is 13.7. The average Bonchev–Trinajstić information content (AvgIpc) is 2.39. The second-order valence-electron chi connectivity index (χ2n) is 4.23. The average molecular weight is 275 g/mol. The molecule has 0 heterocycles. The second-order valence-corrected chi connectivity index (χ2v) is 4.67. The molecule has 0 atom stereocenters. The largest absolute Gasteiger partial charge is 0.384 e. The Morgan fingerprint density at radius 2 is 1.74 bits per heavy atom. The van der Waals surface area contributed by atoms with Crippen LogP contribution in [0.3, 0.4) is 0 Å². The highest BCUT2D eigenvalue weighted by atomic mass is 35.5. The van der Waals surface area contributed by atoms with Gasteiger partial charge in [-0.2, -0.15) is 0 Å². The molecule has 0 fully saturated rings. The standard InChI is InChI=1S/C15H15ClN2O/c16-14-3-1-2-12(8-14)10-19-9-11-4-6-13(7-5-11)15(17)18/h1-8H,9-10H2,(H3,17,18). The van der Waals surface area contributed by atoms with Crippen LogP contribution in [-0.2, 0) is 18.0 Å². The third kappa shape index (κ3) is 4.09. The van der Waals surface area contributed by atoms with Crippen molar-refractivity contribution >= 4 is 17.4 Å². The van der Waals surface area contributed by atoms with Crippen molar-refractivity contribution in [2.24, 2.45) is 5.73 Å². The summed E-state index contributed by atoms with van der Waals surface area (Å²) in [5.74, 6) is 0.0754. The molecule has 0 unspecified atom stereocenters. The van der Waals surface area contributed by atoms with Crippen LogP contribution in [-0.4, -0.2) is 5.84 Å². The Balaban J connectivity index is 1.87. The van der Waals surface area contributed by atoms with Gasteiger partial charge >= 0.3 is 0 Å². The van der Waals surface area contributed by atoms with Crippen molar-refractivity contribution in [2.75, 3.05) is 0 Å². The van der Waals surface area contributed by atoms with Crippen molar-refractivity contribution in [2.45, 2.75) is 13.2 Å². The van der Waals surface area contributed by atoms with E-state index in [1.54, 1.807) is 0 Å². The van der Waals surface area contributed by atoms with Gasteiger partial charge in [0.15, 0.2) is 0 Å². The molecule has 0 bridgehead atoms. The number of halogens is 1. The highest BCUT2D eigenvalue weighted by Gasteiger charge is 1.98. The molecule has 0 aliphatic heterocycles. The number of nitrogens with two attached hydrogens (primary N) is 1. The maximum Gasteiger partial charge on any atom is 0.122 e. The molecule has 0 saturated heterocycles. The summed E-state index contributed by atoms with van der Waals surface area (Å²) >= 11 is 5.90. The molecule has 3 nitrogen and oxygen atoms in total. The highest BCUT2D eigenvalue weighted by Crippen LogP contribution is 2.12. The van der Waals surface area contributed by atoms with E-state index in [2.05, 4.69) is 0 Å². The predicted molar refractivity (Wildman–Crippen MR) is 77.4 cm³/mol. The number of ether oxygens (including phenoxy) is 1. The molecule has 98 valence electrons. The number of hydrogen-bond acceptors (Lipinski definition) is 2. The van der Waals surface area contributed by atoms with E-state index >= 15 is 0 Å². The first-order valence-electron chi connectivity index (χ1n) is 5.90. The molecule has 0 aromatic heterocycles. The van der Waals surface area contributed by atoms with Crippen LogP contribution >= 0.6 is 11.6 Å². The fraction of sp³-hybridized carbons (Fsp3) is 0.133. The second kappa shape index (κ2) is 6.36. The summed E-state index contributed by atoms with van der Waals surface area (Å²) in [6, 6.07) is 15.1. The van der Waals surface area contributed by atoms with Gasteiger partial charge in [-0.1, -0.05) is 48.0 Å². The zero-order valence-electron chi connectivity index (χ0n) is 10.4. The molecular formula is C15H15ClN2O. The van der Waals surface area contributed by atoms with Gasteiger partial charge in [-0.3, -0.25) is 5.41 Å². The first kappa shape index (κ1) is 13.6. The lowest BCUT2D eigenvalue weighted by Crippen LogP contribution is -2.10. The molecule has 0 spiro atoms. The van der Waals surface area contributed by atoms with Gasteiger partial charge in [-0.25, -0.2) is 0 Å². The van der Waals surface area contributed by atoms with Gasteiger partial charge in [-0.15, -0.1) is 0 Å². The number of benzene rings is 2. The van der Waals surface area contributed by atoms with E-state index < -0.39 is 0 Å². The van der Waals surface area contributed by atoms with Crippen molar-refractivity contribution < 1.29 is 4.74 Å². The molecule has 4 heteroatoms. The fourth-order valence-electron chi connectivity index (χ4n) is 1.69. The molecule has 0 saturated carbocycles. The third-order valence-electron chi connectivity index (χ3n) is 2.69. The summed E-state index contributed by atoms with van der Waals surface area (Å²) in [4.78, 5) is 0. The molecular weight excluding hydrogens is 260 g/mol. The number of nitrogen functional groups attached to an aromatic ring is 1. The lowest BCUT2D eigenvalue weighted by Gasteiger charge is -2.06. The van der Waals surface area contributed by atoms with Crippen LogP contribution < -0.4 is 5.73 Å². The monoisotopic (exact) mass is 274 g/mol. The Morgan fingerprint density at radius 1 is 1.05 bits per heavy atom. The molecule has 0 radical (unpaired) electrons. The molecule has 0 aliphatic carbocycles. The quantitative estimate of drug-likeness (QED) is 0.649. The minimum absolute atomic E-state index is 0.0754. The van der Waals surface area contributed by atoms with E-state index in [9.17, 15) is 0 Å². The van der Waals surface area contributed by atoms with Crippen LogP contribution in [0.25, 0.3) is 0 Å². The first-order chi connectivity index (χ1) is 9.15. The normalized spacial score (nSPS) is 10.4. The van der Waals surface area contributed by atoms with Gasteiger partial charge < -0.3 is 10.5 Å². The predicted octanol–water partition coefficient (Wildman–Crippen LogP) is 3.34. The number of nitrogens with one attached hydrogen (secondary N) is 1. The van der Waals surface area contributed by atoms with Crippen LogP contribution in [0, 0.1) is 5.41 Å². The summed E-state index contributed by atoms with van der Waals surface area (Å²) < 4.78 is 5.62. The van der Waals surface area contributed by atoms with Gasteiger partial charge in [0, 0.05) is 10.6 Å².